The van der Waals surface area contributed by atoms with E-state index in [1.807, 2.05) is 5.38 Å². The molecule has 1 aliphatic carbocycles. The van der Waals surface area contributed by atoms with Crippen LogP contribution in [0.15, 0.2) is 34.8 Å². The molecule has 3 rings (SSSR count). The Balaban J connectivity index is 1.65. The van der Waals surface area contributed by atoms with Gasteiger partial charge in [-0.05, 0) is 42.5 Å². The van der Waals surface area contributed by atoms with Gasteiger partial charge in [0.1, 0.15) is 5.01 Å². The number of nitrogens with two attached hydrogens (primary N) is 1. The van der Waals surface area contributed by atoms with Crippen molar-refractivity contribution in [2.24, 2.45) is 10.7 Å². The summed E-state index contributed by atoms with van der Waals surface area (Å²) in [6.07, 6.45) is 5.40. The van der Waals surface area contributed by atoms with Crippen LogP contribution in [0.25, 0.3) is 0 Å². The van der Waals surface area contributed by atoms with Gasteiger partial charge < -0.3 is 11.1 Å². The molecule has 0 amide bonds. The van der Waals surface area contributed by atoms with Crippen LogP contribution in [0, 0.1) is 0 Å². The highest BCUT2D eigenvalue weighted by atomic mass is 32.1. The topological polar surface area (TPSA) is 63.3 Å². The lowest BCUT2D eigenvalue weighted by atomic mass is 10.1. The van der Waals surface area contributed by atoms with Gasteiger partial charge in [-0.2, -0.15) is 0 Å². The quantitative estimate of drug-likeness (QED) is 0.666. The summed E-state index contributed by atoms with van der Waals surface area (Å²) < 4.78 is 0. The molecule has 1 aliphatic rings. The third-order valence-electron chi connectivity index (χ3n) is 3.24. The molecule has 0 aliphatic heterocycles. The van der Waals surface area contributed by atoms with Gasteiger partial charge in [0.25, 0.3) is 0 Å². The van der Waals surface area contributed by atoms with E-state index in [4.69, 9.17) is 5.73 Å². The van der Waals surface area contributed by atoms with Gasteiger partial charge in [0.15, 0.2) is 5.96 Å². The first-order valence-corrected chi connectivity index (χ1v) is 7.26. The Morgan fingerprint density at radius 2 is 2.26 bits per heavy atom. The van der Waals surface area contributed by atoms with Crippen LogP contribution in [0.5, 0.6) is 0 Å². The van der Waals surface area contributed by atoms with Crippen molar-refractivity contribution in [2.75, 3.05) is 5.32 Å². The number of benzene rings is 1. The maximum Gasteiger partial charge on any atom is 0.193 e. The summed E-state index contributed by atoms with van der Waals surface area (Å²) in [7, 11) is 0. The number of aliphatic imine (C=N–C) groups is 1. The summed E-state index contributed by atoms with van der Waals surface area (Å²) in [4.78, 5) is 8.46. The zero-order valence-corrected chi connectivity index (χ0v) is 11.4. The van der Waals surface area contributed by atoms with Gasteiger partial charge in [0, 0.05) is 17.3 Å². The molecule has 0 bridgehead atoms. The first kappa shape index (κ1) is 12.2. The number of nitrogens with zero attached hydrogens (tertiary/aromatic N) is 2. The number of thiazole rings is 1. The molecular formula is C14H16N4S. The minimum absolute atomic E-state index is 0.438. The molecule has 5 heteroatoms. The summed E-state index contributed by atoms with van der Waals surface area (Å²) in [6, 6.07) is 6.42. The van der Waals surface area contributed by atoms with E-state index in [2.05, 4.69) is 33.5 Å². The second-order valence-electron chi connectivity index (χ2n) is 4.59. The van der Waals surface area contributed by atoms with E-state index >= 15 is 0 Å². The summed E-state index contributed by atoms with van der Waals surface area (Å²) in [5, 5.41) is 6.05. The predicted octanol–water partition coefficient (Wildman–Crippen LogP) is 2.56. The maximum atomic E-state index is 5.88. The highest BCUT2D eigenvalue weighted by Gasteiger charge is 2.10. The first-order valence-electron chi connectivity index (χ1n) is 6.38. The van der Waals surface area contributed by atoms with Gasteiger partial charge in [-0.25, -0.2) is 9.98 Å². The molecule has 98 valence electrons. The fourth-order valence-electron chi connectivity index (χ4n) is 2.32. The molecule has 0 saturated carbocycles. The van der Waals surface area contributed by atoms with Crippen molar-refractivity contribution >= 4 is 23.0 Å². The van der Waals surface area contributed by atoms with Crippen LogP contribution in [0.3, 0.4) is 0 Å². The van der Waals surface area contributed by atoms with Crippen molar-refractivity contribution in [1.29, 1.82) is 0 Å². The molecule has 1 heterocycles. The smallest absolute Gasteiger partial charge is 0.193 e. The Morgan fingerprint density at radius 1 is 1.37 bits per heavy atom. The zero-order chi connectivity index (χ0) is 13.1. The Morgan fingerprint density at radius 3 is 3.11 bits per heavy atom. The molecule has 0 fully saturated rings. The van der Waals surface area contributed by atoms with Crippen LogP contribution in [0.2, 0.25) is 0 Å². The van der Waals surface area contributed by atoms with Gasteiger partial charge in [-0.3, -0.25) is 0 Å². The molecule has 1 aromatic heterocycles. The van der Waals surface area contributed by atoms with Crippen LogP contribution in [-0.4, -0.2) is 10.9 Å². The highest BCUT2D eigenvalue weighted by molar-refractivity contribution is 7.09. The Hall–Kier alpha value is -1.88. The Labute approximate surface area is 116 Å². The lowest BCUT2D eigenvalue weighted by Gasteiger charge is -2.07. The standard InChI is InChI=1S/C14H16N4S/c15-14(17-9-13-16-6-7-19-13)18-12-5-4-10-2-1-3-11(10)8-12/h4-8H,1-3,9H2,(H3,15,17,18). The van der Waals surface area contributed by atoms with E-state index in [9.17, 15) is 0 Å². The minimum Gasteiger partial charge on any atom is -0.370 e. The summed E-state index contributed by atoms with van der Waals surface area (Å²) >= 11 is 1.59. The second-order valence-corrected chi connectivity index (χ2v) is 5.57. The van der Waals surface area contributed by atoms with Gasteiger partial charge in [-0.15, -0.1) is 11.3 Å². The summed E-state index contributed by atoms with van der Waals surface area (Å²) in [6.45, 7) is 0.529. The number of aromatic nitrogens is 1. The fraction of sp³-hybridized carbons (Fsp3) is 0.286. The van der Waals surface area contributed by atoms with Crippen LogP contribution in [0.4, 0.5) is 5.69 Å². The summed E-state index contributed by atoms with van der Waals surface area (Å²) in [5.41, 5.74) is 9.79. The molecule has 1 aromatic carbocycles. The number of hydrogen-bond acceptors (Lipinski definition) is 3. The van der Waals surface area contributed by atoms with E-state index in [0.29, 0.717) is 12.5 Å². The van der Waals surface area contributed by atoms with Crippen LogP contribution in [0.1, 0.15) is 22.6 Å². The summed E-state index contributed by atoms with van der Waals surface area (Å²) in [5.74, 6) is 0.438. The minimum atomic E-state index is 0.438. The van der Waals surface area contributed by atoms with Gasteiger partial charge in [-0.1, -0.05) is 6.07 Å². The normalized spacial score (nSPS) is 14.4. The number of anilines is 1. The molecule has 3 N–H and O–H groups in total. The van der Waals surface area contributed by atoms with Crippen molar-refractivity contribution in [3.8, 4) is 0 Å². The SMILES string of the molecule is NC(=NCc1nccs1)Nc1ccc2c(c1)CCC2. The Bertz CT molecular complexity index is 589. The molecule has 0 radical (unpaired) electrons. The molecular weight excluding hydrogens is 256 g/mol. The molecule has 0 saturated heterocycles. The van der Waals surface area contributed by atoms with Crippen molar-refractivity contribution in [2.45, 2.75) is 25.8 Å². The van der Waals surface area contributed by atoms with E-state index in [1.54, 1.807) is 17.5 Å². The third kappa shape index (κ3) is 2.93. The maximum absolute atomic E-state index is 5.88. The van der Waals surface area contributed by atoms with E-state index in [-0.39, 0.29) is 0 Å². The van der Waals surface area contributed by atoms with E-state index in [1.165, 1.54) is 30.4 Å². The van der Waals surface area contributed by atoms with Gasteiger partial charge in [0.05, 0.1) is 6.54 Å². The molecule has 19 heavy (non-hydrogen) atoms. The van der Waals surface area contributed by atoms with Crippen LogP contribution >= 0.6 is 11.3 Å². The lowest BCUT2D eigenvalue weighted by molar-refractivity contribution is 0.912. The average molecular weight is 272 g/mol. The first-order chi connectivity index (χ1) is 9.31. The highest BCUT2D eigenvalue weighted by Crippen LogP contribution is 2.24. The van der Waals surface area contributed by atoms with Crippen molar-refractivity contribution in [3.05, 3.63) is 45.9 Å². The number of aryl methyl sites for hydroxylation is 2. The largest absolute Gasteiger partial charge is 0.370 e. The number of nitrogens with one attached hydrogen (secondary N) is 1. The average Bonchev–Trinajstić information content (AvgIpc) is 3.07. The van der Waals surface area contributed by atoms with Crippen molar-refractivity contribution in [1.82, 2.24) is 4.98 Å². The van der Waals surface area contributed by atoms with Crippen molar-refractivity contribution < 1.29 is 0 Å². The van der Waals surface area contributed by atoms with Crippen LogP contribution in [-0.2, 0) is 19.4 Å². The predicted molar refractivity (Wildman–Crippen MR) is 79.5 cm³/mol. The van der Waals surface area contributed by atoms with E-state index < -0.39 is 0 Å². The Kier molecular flexibility index (Phi) is 3.46. The van der Waals surface area contributed by atoms with Crippen LogP contribution < -0.4 is 11.1 Å². The molecule has 2 aromatic rings. The fourth-order valence-corrected chi connectivity index (χ4v) is 2.86. The molecule has 0 spiro atoms. The van der Waals surface area contributed by atoms with Gasteiger partial charge in [0.2, 0.25) is 0 Å². The lowest BCUT2D eigenvalue weighted by Crippen LogP contribution is -2.22. The van der Waals surface area contributed by atoms with E-state index in [0.717, 1.165) is 10.7 Å². The number of rotatable bonds is 3. The molecule has 0 unspecified atom stereocenters. The number of hydrogen-bond donors (Lipinski definition) is 2. The second kappa shape index (κ2) is 5.40. The number of guanidine groups is 1. The monoisotopic (exact) mass is 272 g/mol. The van der Waals surface area contributed by atoms with Gasteiger partial charge >= 0.3 is 0 Å². The zero-order valence-electron chi connectivity index (χ0n) is 10.6. The van der Waals surface area contributed by atoms with Crippen molar-refractivity contribution in [3.63, 3.8) is 0 Å². The molecule has 0 atom stereocenters. The number of fused-ring (bicyclic) bond motifs is 1. The third-order valence-corrected chi connectivity index (χ3v) is 4.00. The molecule has 4 nitrogen and oxygen atoms in total.